The van der Waals surface area contributed by atoms with Gasteiger partial charge in [-0.1, -0.05) is 73.7 Å². The number of aromatic amines is 1. The Labute approximate surface area is 229 Å². The average molecular weight is 521 g/mol. The van der Waals surface area contributed by atoms with Crippen LogP contribution in [-0.4, -0.2) is 36.6 Å². The molecule has 2 heterocycles. The van der Waals surface area contributed by atoms with E-state index in [2.05, 4.69) is 102 Å². The van der Waals surface area contributed by atoms with Gasteiger partial charge in [-0.15, -0.1) is 5.10 Å². The number of aromatic nitrogens is 5. The lowest BCUT2D eigenvalue weighted by Gasteiger charge is -2.33. The summed E-state index contributed by atoms with van der Waals surface area (Å²) in [6, 6.07) is 28.6. The van der Waals surface area contributed by atoms with Crippen LogP contribution in [0.25, 0.3) is 10.9 Å². The number of tetrazole rings is 1. The Morgan fingerprint density at radius 3 is 2.26 bits per heavy atom. The number of fused-ring (bicyclic) bond motifs is 1. The van der Waals surface area contributed by atoms with Gasteiger partial charge in [0.1, 0.15) is 6.04 Å². The summed E-state index contributed by atoms with van der Waals surface area (Å²) in [5.74, 6) is 0.656. The Kier molecular flexibility index (Phi) is 7.70. The minimum atomic E-state index is -0.457. The van der Waals surface area contributed by atoms with Crippen LogP contribution < -0.4 is 5.56 Å². The molecular weight excluding hydrogens is 484 g/mol. The highest BCUT2D eigenvalue weighted by molar-refractivity contribution is 5.80. The van der Waals surface area contributed by atoms with Crippen molar-refractivity contribution in [2.75, 3.05) is 6.54 Å². The summed E-state index contributed by atoms with van der Waals surface area (Å²) in [5.41, 5.74) is 4.60. The van der Waals surface area contributed by atoms with Crippen molar-refractivity contribution in [3.8, 4) is 0 Å². The Morgan fingerprint density at radius 2 is 1.59 bits per heavy atom. The molecule has 200 valence electrons. The Bertz CT molecular complexity index is 1580. The van der Waals surface area contributed by atoms with Crippen LogP contribution in [-0.2, 0) is 24.9 Å². The number of H-pyrrole nitrogens is 1. The molecule has 0 spiro atoms. The molecule has 0 radical (unpaired) electrons. The van der Waals surface area contributed by atoms with Crippen LogP contribution in [0.3, 0.4) is 0 Å². The maximum Gasteiger partial charge on any atom is 0.253 e. The highest BCUT2D eigenvalue weighted by Crippen LogP contribution is 2.31. The Morgan fingerprint density at radius 1 is 0.897 bits per heavy atom. The summed E-state index contributed by atoms with van der Waals surface area (Å²) in [7, 11) is 0. The van der Waals surface area contributed by atoms with Crippen molar-refractivity contribution >= 4 is 10.9 Å². The molecule has 0 bridgehead atoms. The largest absolute Gasteiger partial charge is 0.322 e. The molecule has 7 heteroatoms. The third-order valence-corrected chi connectivity index (χ3v) is 7.14. The van der Waals surface area contributed by atoms with E-state index >= 15 is 0 Å². The van der Waals surface area contributed by atoms with Crippen molar-refractivity contribution in [3.63, 3.8) is 0 Å². The fourth-order valence-electron chi connectivity index (χ4n) is 5.07. The first-order valence-corrected chi connectivity index (χ1v) is 13.6. The van der Waals surface area contributed by atoms with Crippen molar-refractivity contribution in [2.45, 2.75) is 58.7 Å². The van der Waals surface area contributed by atoms with Crippen molar-refractivity contribution in [2.24, 2.45) is 0 Å². The van der Waals surface area contributed by atoms with E-state index in [9.17, 15) is 4.79 Å². The first-order chi connectivity index (χ1) is 18.8. The average Bonchev–Trinajstić information content (AvgIpc) is 3.43. The molecule has 7 nitrogen and oxygen atoms in total. The first kappa shape index (κ1) is 26.5. The number of hydrogen-bond donors (Lipinski definition) is 1. The van der Waals surface area contributed by atoms with E-state index in [1.807, 2.05) is 41.1 Å². The molecule has 0 aliphatic heterocycles. The second-order valence-corrected chi connectivity index (χ2v) is 11.0. The summed E-state index contributed by atoms with van der Waals surface area (Å²) in [5, 5.41) is 14.0. The van der Waals surface area contributed by atoms with Gasteiger partial charge < -0.3 is 4.98 Å². The van der Waals surface area contributed by atoms with E-state index in [1.54, 1.807) is 0 Å². The third-order valence-electron chi connectivity index (χ3n) is 7.14. The topological polar surface area (TPSA) is 79.7 Å². The minimum Gasteiger partial charge on any atom is -0.322 e. The van der Waals surface area contributed by atoms with Crippen LogP contribution in [0.15, 0.2) is 89.7 Å². The lowest BCUT2D eigenvalue weighted by Crippen LogP contribution is -2.38. The monoisotopic (exact) mass is 520 g/mol. The fraction of sp³-hybridized carbons (Fsp3) is 0.312. The summed E-state index contributed by atoms with van der Waals surface area (Å²) in [6.45, 7) is 9.73. The molecular formula is C32H36N6O. The van der Waals surface area contributed by atoms with Crippen LogP contribution in [0.5, 0.6) is 0 Å². The molecule has 1 atom stereocenters. The van der Waals surface area contributed by atoms with E-state index < -0.39 is 6.04 Å². The predicted molar refractivity (Wildman–Crippen MR) is 156 cm³/mol. The maximum atomic E-state index is 13.8. The van der Waals surface area contributed by atoms with Crippen molar-refractivity contribution in [1.82, 2.24) is 30.1 Å². The van der Waals surface area contributed by atoms with Gasteiger partial charge in [0.2, 0.25) is 0 Å². The summed E-state index contributed by atoms with van der Waals surface area (Å²) >= 11 is 0. The normalized spacial score (nSPS) is 12.7. The third kappa shape index (κ3) is 5.99. The second-order valence-electron chi connectivity index (χ2n) is 11.0. The smallest absolute Gasteiger partial charge is 0.253 e. The van der Waals surface area contributed by atoms with E-state index in [1.165, 1.54) is 11.1 Å². The van der Waals surface area contributed by atoms with Gasteiger partial charge >= 0.3 is 0 Å². The van der Waals surface area contributed by atoms with Crippen molar-refractivity contribution in [3.05, 3.63) is 123 Å². The summed E-state index contributed by atoms with van der Waals surface area (Å²) in [4.78, 5) is 19.2. The molecule has 0 aliphatic rings. The van der Waals surface area contributed by atoms with Gasteiger partial charge in [-0.2, -0.15) is 0 Å². The van der Waals surface area contributed by atoms with Crippen LogP contribution in [0.2, 0.25) is 0 Å². The highest BCUT2D eigenvalue weighted by atomic mass is 16.1. The number of pyridine rings is 1. The van der Waals surface area contributed by atoms with Gasteiger partial charge in [0.15, 0.2) is 5.82 Å². The molecule has 0 saturated carbocycles. The molecule has 5 aromatic rings. The van der Waals surface area contributed by atoms with Gasteiger partial charge in [-0.25, -0.2) is 4.68 Å². The van der Waals surface area contributed by atoms with Crippen molar-refractivity contribution < 1.29 is 0 Å². The molecule has 1 N–H and O–H groups in total. The van der Waals surface area contributed by atoms with Gasteiger partial charge in [-0.3, -0.25) is 9.69 Å². The van der Waals surface area contributed by atoms with Crippen LogP contribution in [0, 0.1) is 0 Å². The van der Waals surface area contributed by atoms with Crippen LogP contribution in [0.1, 0.15) is 61.8 Å². The predicted octanol–water partition coefficient (Wildman–Crippen LogP) is 5.67. The summed E-state index contributed by atoms with van der Waals surface area (Å²) < 4.78 is 1.85. The SMILES string of the molecule is CCc1ccc2[nH]c(=O)c([C@@H](c3nnnn3C(C)(C)C)N(CCc3ccccc3)Cc3ccccc3)cc2c1. The zero-order chi connectivity index (χ0) is 27.4. The zero-order valence-electron chi connectivity index (χ0n) is 23.1. The van der Waals surface area contributed by atoms with E-state index in [0.29, 0.717) is 24.5 Å². The van der Waals surface area contributed by atoms with Gasteiger partial charge in [0.05, 0.1) is 5.54 Å². The number of nitrogens with zero attached hydrogens (tertiary/aromatic N) is 5. The minimum absolute atomic E-state index is 0.127. The number of nitrogens with one attached hydrogen (secondary N) is 1. The number of rotatable bonds is 9. The van der Waals surface area contributed by atoms with E-state index in [4.69, 9.17) is 0 Å². The highest BCUT2D eigenvalue weighted by Gasteiger charge is 2.33. The van der Waals surface area contributed by atoms with Crippen molar-refractivity contribution in [1.29, 1.82) is 0 Å². The molecule has 39 heavy (non-hydrogen) atoms. The molecule has 3 aromatic carbocycles. The first-order valence-electron chi connectivity index (χ1n) is 13.6. The Hall–Kier alpha value is -4.10. The second kappa shape index (κ2) is 11.3. The molecule has 0 unspecified atom stereocenters. The van der Waals surface area contributed by atoms with Gasteiger partial charge in [-0.05, 0) is 84.3 Å². The molecule has 5 rings (SSSR count). The summed E-state index contributed by atoms with van der Waals surface area (Å²) in [6.07, 6.45) is 1.75. The Balaban J connectivity index is 1.68. The number of hydrogen-bond acceptors (Lipinski definition) is 5. The van der Waals surface area contributed by atoms with Crippen LogP contribution in [0.4, 0.5) is 0 Å². The standard InChI is InChI=1S/C32H36N6O/c1-5-23-16-17-28-26(20-23)21-27(31(39)33-28)29(30-34-35-36-38(30)32(2,3)4)37(22-25-14-10-7-11-15-25)19-18-24-12-8-6-9-13-24/h6-17,20-21,29H,5,18-19,22H2,1-4H3,(H,33,39)/t29-/m0/s1. The lowest BCUT2D eigenvalue weighted by molar-refractivity contribution is 0.195. The quantitative estimate of drug-likeness (QED) is 0.271. The number of benzene rings is 3. The lowest BCUT2D eigenvalue weighted by atomic mass is 9.99. The molecule has 0 fully saturated rings. The molecule has 0 saturated heterocycles. The molecule has 2 aromatic heterocycles. The fourth-order valence-corrected chi connectivity index (χ4v) is 5.07. The molecule has 0 aliphatic carbocycles. The van der Waals surface area contributed by atoms with Crippen LogP contribution >= 0.6 is 0 Å². The van der Waals surface area contributed by atoms with E-state index in [0.717, 1.165) is 29.3 Å². The van der Waals surface area contributed by atoms with E-state index in [-0.39, 0.29) is 11.1 Å². The van der Waals surface area contributed by atoms with Gasteiger partial charge in [0.25, 0.3) is 5.56 Å². The molecule has 0 amide bonds. The zero-order valence-corrected chi connectivity index (χ0v) is 23.1. The van der Waals surface area contributed by atoms with Gasteiger partial charge in [0, 0.05) is 24.2 Å². The maximum absolute atomic E-state index is 13.8. The number of aryl methyl sites for hydroxylation is 1.